The van der Waals surface area contributed by atoms with Crippen LogP contribution >= 0.6 is 0 Å². The summed E-state index contributed by atoms with van der Waals surface area (Å²) in [6.45, 7) is 1.18. The molecule has 1 aliphatic heterocycles. The number of ether oxygens (including phenoxy) is 2. The average Bonchev–Trinajstić information content (AvgIpc) is 2.70. The summed E-state index contributed by atoms with van der Waals surface area (Å²) in [5.41, 5.74) is 2.02. The zero-order valence-electron chi connectivity index (χ0n) is 16.0. The van der Waals surface area contributed by atoms with Crippen molar-refractivity contribution in [2.75, 3.05) is 38.0 Å². The number of anilines is 1. The lowest BCUT2D eigenvalue weighted by Crippen LogP contribution is -2.25. The number of nitrogens with zero attached hydrogens (tertiary/aromatic N) is 1. The molecule has 0 aromatic heterocycles. The normalized spacial score (nSPS) is 13.1. The number of nitrogens with one attached hydrogen (secondary N) is 1. The van der Waals surface area contributed by atoms with Crippen LogP contribution in [0.4, 0.5) is 5.69 Å². The second kappa shape index (κ2) is 8.52. The molecule has 2 aromatic carbocycles. The minimum atomic E-state index is -3.59. The van der Waals surface area contributed by atoms with Crippen LogP contribution in [0.1, 0.15) is 12.0 Å². The Balaban J connectivity index is 1.53. The van der Waals surface area contributed by atoms with E-state index in [1.165, 1.54) is 12.1 Å². The van der Waals surface area contributed by atoms with E-state index in [-0.39, 0.29) is 23.0 Å². The van der Waals surface area contributed by atoms with Crippen molar-refractivity contribution in [1.29, 1.82) is 0 Å². The maximum Gasteiger partial charge on any atom is 0.221 e. The fraction of sp³-hybridized carbons (Fsp3) is 0.350. The highest BCUT2D eigenvalue weighted by Gasteiger charge is 2.20. The molecule has 7 nitrogen and oxygen atoms in total. The van der Waals surface area contributed by atoms with Crippen LogP contribution in [0.25, 0.3) is 0 Å². The van der Waals surface area contributed by atoms with Crippen LogP contribution in [0.5, 0.6) is 11.5 Å². The lowest BCUT2D eigenvalue weighted by Gasteiger charge is -2.18. The Kier molecular flexibility index (Phi) is 6.08. The molecule has 0 atom stereocenters. The van der Waals surface area contributed by atoms with E-state index in [2.05, 4.69) is 5.32 Å². The van der Waals surface area contributed by atoms with E-state index in [1.54, 1.807) is 6.07 Å². The zero-order valence-corrected chi connectivity index (χ0v) is 16.8. The van der Waals surface area contributed by atoms with Gasteiger partial charge in [0.1, 0.15) is 13.2 Å². The topological polar surface area (TPSA) is 84.9 Å². The highest BCUT2D eigenvalue weighted by atomic mass is 32.2. The molecule has 1 heterocycles. The molecule has 0 aliphatic carbocycles. The van der Waals surface area contributed by atoms with Crippen LogP contribution in [-0.2, 0) is 21.2 Å². The number of carbonyl (C=O) groups excluding carboxylic acids is 1. The molecule has 1 amide bonds. The van der Waals surface area contributed by atoms with E-state index in [4.69, 9.17) is 9.47 Å². The Morgan fingerprint density at radius 1 is 1.04 bits per heavy atom. The average molecular weight is 404 g/mol. The Labute approximate surface area is 165 Å². The minimum Gasteiger partial charge on any atom is -0.486 e. The largest absolute Gasteiger partial charge is 0.486 e. The molecule has 0 bridgehead atoms. The summed E-state index contributed by atoms with van der Waals surface area (Å²) in [6.07, 6.45) is -0.105. The molecule has 0 radical (unpaired) electrons. The minimum absolute atomic E-state index is 0.105. The number of rotatable bonds is 7. The molecule has 1 N–H and O–H groups in total. The number of sulfone groups is 1. The molecule has 0 fully saturated rings. The van der Waals surface area contributed by atoms with Crippen molar-refractivity contribution in [3.8, 4) is 11.5 Å². The quantitative estimate of drug-likeness (QED) is 0.760. The molecule has 150 valence electrons. The number of hydrogen-bond acceptors (Lipinski definition) is 6. The lowest BCUT2D eigenvalue weighted by atomic mass is 10.2. The van der Waals surface area contributed by atoms with Crippen LogP contribution in [-0.4, -0.2) is 47.4 Å². The van der Waals surface area contributed by atoms with Crippen LogP contribution in [0, 0.1) is 0 Å². The standard InChI is InChI=1S/C20H24N2O5S/c1-22(2)16-5-3-15(4-6-16)14-21-20(23)9-12-28(24,25)17-7-8-18-19(13-17)27-11-10-26-18/h3-8,13H,9-12,14H2,1-2H3,(H,21,23). The van der Waals surface area contributed by atoms with Crippen LogP contribution in [0.3, 0.4) is 0 Å². The van der Waals surface area contributed by atoms with Crippen molar-refractivity contribution in [2.45, 2.75) is 17.9 Å². The molecule has 0 saturated carbocycles. The summed E-state index contributed by atoms with van der Waals surface area (Å²) >= 11 is 0. The van der Waals surface area contributed by atoms with E-state index < -0.39 is 9.84 Å². The van der Waals surface area contributed by atoms with Gasteiger partial charge in [-0.2, -0.15) is 0 Å². The summed E-state index contributed by atoms with van der Waals surface area (Å²) in [5.74, 6) is 0.372. The van der Waals surface area contributed by atoms with Gasteiger partial charge in [0.15, 0.2) is 21.3 Å². The van der Waals surface area contributed by atoms with E-state index >= 15 is 0 Å². The second-order valence-electron chi connectivity index (χ2n) is 6.71. The monoisotopic (exact) mass is 404 g/mol. The third-order valence-electron chi connectivity index (χ3n) is 4.41. The molecular formula is C20H24N2O5S. The number of benzene rings is 2. The van der Waals surface area contributed by atoms with Crippen molar-refractivity contribution >= 4 is 21.4 Å². The van der Waals surface area contributed by atoms with Crippen molar-refractivity contribution in [1.82, 2.24) is 5.32 Å². The van der Waals surface area contributed by atoms with Gasteiger partial charge in [0, 0.05) is 38.8 Å². The first-order valence-corrected chi connectivity index (χ1v) is 10.7. The third kappa shape index (κ3) is 4.95. The molecule has 8 heteroatoms. The number of amides is 1. The number of fused-ring (bicyclic) bond motifs is 1. The fourth-order valence-corrected chi connectivity index (χ4v) is 4.01. The van der Waals surface area contributed by atoms with Gasteiger partial charge in [-0.25, -0.2) is 8.42 Å². The Morgan fingerprint density at radius 3 is 2.39 bits per heavy atom. The molecular weight excluding hydrogens is 380 g/mol. The zero-order chi connectivity index (χ0) is 20.1. The van der Waals surface area contributed by atoms with Crippen LogP contribution in [0.15, 0.2) is 47.4 Å². The summed E-state index contributed by atoms with van der Waals surface area (Å²) < 4.78 is 35.9. The lowest BCUT2D eigenvalue weighted by molar-refractivity contribution is -0.120. The fourth-order valence-electron chi connectivity index (χ4n) is 2.76. The third-order valence-corrected chi connectivity index (χ3v) is 6.13. The smallest absolute Gasteiger partial charge is 0.221 e. The first-order valence-electron chi connectivity index (χ1n) is 9.00. The molecule has 0 saturated heterocycles. The molecule has 2 aromatic rings. The summed E-state index contributed by atoms with van der Waals surface area (Å²) in [7, 11) is 0.326. The first-order chi connectivity index (χ1) is 13.3. The van der Waals surface area contributed by atoms with E-state index in [1.807, 2.05) is 43.3 Å². The number of hydrogen-bond donors (Lipinski definition) is 1. The van der Waals surface area contributed by atoms with Crippen molar-refractivity contribution in [2.24, 2.45) is 0 Å². The Morgan fingerprint density at radius 2 is 1.71 bits per heavy atom. The van der Waals surface area contributed by atoms with E-state index in [0.29, 0.717) is 31.3 Å². The maximum absolute atomic E-state index is 12.5. The van der Waals surface area contributed by atoms with E-state index in [0.717, 1.165) is 11.3 Å². The van der Waals surface area contributed by atoms with E-state index in [9.17, 15) is 13.2 Å². The van der Waals surface area contributed by atoms with Gasteiger partial charge in [-0.05, 0) is 29.8 Å². The van der Waals surface area contributed by atoms with Crippen molar-refractivity contribution in [3.63, 3.8) is 0 Å². The van der Waals surface area contributed by atoms with Crippen molar-refractivity contribution in [3.05, 3.63) is 48.0 Å². The summed E-state index contributed by atoms with van der Waals surface area (Å²) in [6, 6.07) is 12.3. The summed E-state index contributed by atoms with van der Waals surface area (Å²) in [4.78, 5) is 14.2. The second-order valence-corrected chi connectivity index (χ2v) is 8.82. The van der Waals surface area contributed by atoms with Gasteiger partial charge in [-0.15, -0.1) is 0 Å². The van der Waals surface area contributed by atoms with Gasteiger partial charge >= 0.3 is 0 Å². The van der Waals surface area contributed by atoms with Gasteiger partial charge in [-0.3, -0.25) is 4.79 Å². The maximum atomic E-state index is 12.5. The van der Waals surface area contributed by atoms with Crippen molar-refractivity contribution < 1.29 is 22.7 Å². The molecule has 28 heavy (non-hydrogen) atoms. The summed E-state index contributed by atoms with van der Waals surface area (Å²) in [5, 5.41) is 2.76. The van der Waals surface area contributed by atoms with Gasteiger partial charge in [0.25, 0.3) is 0 Å². The molecule has 3 rings (SSSR count). The first kappa shape index (κ1) is 20.0. The highest BCUT2D eigenvalue weighted by Crippen LogP contribution is 2.32. The molecule has 1 aliphatic rings. The Hall–Kier alpha value is -2.74. The van der Waals surface area contributed by atoms with Crippen LogP contribution in [0.2, 0.25) is 0 Å². The molecule has 0 spiro atoms. The van der Waals surface area contributed by atoms with Gasteiger partial charge < -0.3 is 19.7 Å². The molecule has 0 unspecified atom stereocenters. The highest BCUT2D eigenvalue weighted by molar-refractivity contribution is 7.91. The van der Waals surface area contributed by atoms with Crippen LogP contribution < -0.4 is 19.7 Å². The predicted octanol–water partition coefficient (Wildman–Crippen LogP) is 2.00. The van der Waals surface area contributed by atoms with Gasteiger partial charge in [-0.1, -0.05) is 12.1 Å². The van der Waals surface area contributed by atoms with Gasteiger partial charge in [0.05, 0.1) is 10.6 Å². The SMILES string of the molecule is CN(C)c1ccc(CNC(=O)CCS(=O)(=O)c2ccc3c(c2)OCCO3)cc1. The van der Waals surface area contributed by atoms with Gasteiger partial charge in [0.2, 0.25) is 5.91 Å². The predicted molar refractivity (Wildman–Crippen MR) is 107 cm³/mol. The number of carbonyl (C=O) groups is 1. The Bertz CT molecular complexity index is 940.